The number of primary amides is 1. The van der Waals surface area contributed by atoms with Crippen LogP contribution in [0, 0.1) is 17.8 Å². The number of aliphatic carboxylic acids is 2. The number of hydrogen-bond acceptors (Lipinski definition) is 21. The highest BCUT2D eigenvalue weighted by Crippen LogP contribution is 2.24. The van der Waals surface area contributed by atoms with E-state index in [-0.39, 0.29) is 37.7 Å². The quantitative estimate of drug-likeness (QED) is 0.0153. The van der Waals surface area contributed by atoms with Crippen LogP contribution >= 0.6 is 21.6 Å². The molecule has 0 aliphatic carbocycles. The molecular weight excluding hydrogens is 1290 g/mol. The fraction of sp³-hybridized carbons (Fsp3) is 0.614. The predicted octanol–water partition coefficient (Wildman–Crippen LogP) is -7.36. The van der Waals surface area contributed by atoms with Gasteiger partial charge in [0.05, 0.1) is 32.3 Å². The van der Waals surface area contributed by atoms with Gasteiger partial charge in [-0.05, 0) is 49.0 Å². The number of rotatable bonds is 29. The molecule has 0 radical (unpaired) electrons. The Morgan fingerprint density at radius 3 is 1.83 bits per heavy atom. The number of carbonyl (C=O) groups excluding carboxylic acids is 13. The number of aliphatic hydroxyl groups is 2. The molecule has 36 nitrogen and oxygen atoms in total. The molecule has 1 aliphatic heterocycles. The highest BCUT2D eigenvalue weighted by atomic mass is 33.1. The van der Waals surface area contributed by atoms with Crippen LogP contribution in [0.2, 0.25) is 0 Å². The van der Waals surface area contributed by atoms with Crippen LogP contribution in [-0.4, -0.2) is 226 Å². The molecular formula is C57H91N17O19S2. The van der Waals surface area contributed by atoms with Crippen molar-refractivity contribution in [2.24, 2.45) is 45.7 Å². The van der Waals surface area contributed by atoms with Crippen molar-refractivity contribution in [1.29, 1.82) is 0 Å². The summed E-state index contributed by atoms with van der Waals surface area (Å²) < 4.78 is 0. The molecule has 4 unspecified atom stereocenters. The fourth-order valence-electron chi connectivity index (χ4n) is 8.67. The molecule has 1 aliphatic rings. The number of benzene rings is 1. The lowest BCUT2D eigenvalue weighted by Crippen LogP contribution is -2.62. The first kappa shape index (κ1) is 82.2. The van der Waals surface area contributed by atoms with E-state index in [1.165, 1.54) is 13.8 Å². The number of nitrogens with two attached hydrogens (primary N) is 4. The molecule has 38 heteroatoms. The van der Waals surface area contributed by atoms with Crippen molar-refractivity contribution in [3.63, 3.8) is 0 Å². The second kappa shape index (κ2) is 42.4. The number of nitrogens with one attached hydrogen (secondary N) is 12. The van der Waals surface area contributed by atoms with Crippen LogP contribution in [0.15, 0.2) is 35.3 Å². The predicted molar refractivity (Wildman–Crippen MR) is 345 cm³/mol. The average molecular weight is 1380 g/mol. The second-order valence-electron chi connectivity index (χ2n) is 22.8. The molecule has 2 rings (SSSR count). The number of carbonyl (C=O) groups is 15. The maximum absolute atomic E-state index is 14.8. The summed E-state index contributed by atoms with van der Waals surface area (Å²) in [7, 11) is 1.46. The van der Waals surface area contributed by atoms with Crippen LogP contribution in [0.1, 0.15) is 92.1 Å². The topological polar surface area (TPSA) is 598 Å². The van der Waals surface area contributed by atoms with Crippen molar-refractivity contribution in [3.05, 3.63) is 35.9 Å². The van der Waals surface area contributed by atoms with E-state index in [1.807, 2.05) is 0 Å². The Morgan fingerprint density at radius 1 is 0.663 bits per heavy atom. The van der Waals surface area contributed by atoms with Crippen molar-refractivity contribution < 1.29 is 92.3 Å². The minimum atomic E-state index is -1.89. The van der Waals surface area contributed by atoms with E-state index < -0.39 is 231 Å². The van der Waals surface area contributed by atoms with E-state index >= 15 is 0 Å². The van der Waals surface area contributed by atoms with Crippen molar-refractivity contribution >= 4 is 116 Å². The molecule has 1 aromatic rings. The van der Waals surface area contributed by atoms with Crippen molar-refractivity contribution in [2.75, 3.05) is 44.4 Å². The van der Waals surface area contributed by atoms with Crippen molar-refractivity contribution in [3.8, 4) is 0 Å². The summed E-state index contributed by atoms with van der Waals surface area (Å²) in [6, 6.07) is -9.60. The van der Waals surface area contributed by atoms with Gasteiger partial charge in [-0.1, -0.05) is 99.9 Å². The normalized spacial score (nSPS) is 21.5. The maximum Gasteiger partial charge on any atom is 0.326 e. The Bertz CT molecular complexity index is 2870. The monoisotopic (exact) mass is 1380 g/mol. The zero-order valence-corrected chi connectivity index (χ0v) is 55.2. The summed E-state index contributed by atoms with van der Waals surface area (Å²) in [4.78, 5) is 207. The molecule has 1 aromatic carbocycles. The van der Waals surface area contributed by atoms with Gasteiger partial charge in [0.25, 0.3) is 0 Å². The van der Waals surface area contributed by atoms with Gasteiger partial charge in [0.2, 0.25) is 76.8 Å². The second-order valence-corrected chi connectivity index (χ2v) is 25.3. The van der Waals surface area contributed by atoms with Gasteiger partial charge < -0.3 is 107 Å². The summed E-state index contributed by atoms with van der Waals surface area (Å²) in [5, 5.41) is 68.5. The highest BCUT2D eigenvalue weighted by Gasteiger charge is 2.37. The molecule has 0 bridgehead atoms. The minimum absolute atomic E-state index is 0.0668. The minimum Gasteiger partial charge on any atom is -0.481 e. The Labute approximate surface area is 555 Å². The Hall–Kier alpha value is -8.88. The van der Waals surface area contributed by atoms with E-state index in [0.29, 0.717) is 12.0 Å². The summed E-state index contributed by atoms with van der Waals surface area (Å²) in [6.07, 6.45) is -2.36. The van der Waals surface area contributed by atoms with Gasteiger partial charge in [-0.25, -0.2) is 4.79 Å². The molecule has 1 saturated heterocycles. The third-order valence-electron chi connectivity index (χ3n) is 14.5. The number of aliphatic hydroxyl groups excluding tert-OH is 2. The average Bonchev–Trinajstić information content (AvgIpc) is 1.14. The smallest absolute Gasteiger partial charge is 0.326 e. The van der Waals surface area contributed by atoms with Crippen molar-refractivity contribution in [1.82, 2.24) is 63.8 Å². The van der Waals surface area contributed by atoms with Gasteiger partial charge in [0, 0.05) is 37.3 Å². The summed E-state index contributed by atoms with van der Waals surface area (Å²) in [6.45, 7) is 5.33. The number of amides is 13. The Kier molecular flexibility index (Phi) is 36.7. The van der Waals surface area contributed by atoms with E-state index in [4.69, 9.17) is 22.9 Å². The molecule has 0 spiro atoms. The third-order valence-corrected chi connectivity index (χ3v) is 16.9. The zero-order valence-electron chi connectivity index (χ0n) is 53.6. The van der Waals surface area contributed by atoms with Crippen LogP contribution in [0.5, 0.6) is 0 Å². The van der Waals surface area contributed by atoms with Crippen molar-refractivity contribution in [2.45, 2.75) is 159 Å². The molecule has 1 heterocycles. The molecule has 95 heavy (non-hydrogen) atoms. The Balaban J connectivity index is 2.85. The van der Waals surface area contributed by atoms with Crippen LogP contribution in [0.4, 0.5) is 0 Å². The van der Waals surface area contributed by atoms with Gasteiger partial charge in [-0.3, -0.25) is 72.1 Å². The first-order chi connectivity index (χ1) is 44.7. The lowest BCUT2D eigenvalue weighted by Gasteiger charge is -2.29. The number of carboxylic acid groups (broad SMARTS) is 2. The highest BCUT2D eigenvalue weighted by molar-refractivity contribution is 8.76. The SMILES string of the molecule is CC[C@H](C)[C@H](N)C(=O)N[C@H](C(=O)N[C@@H](CCC(N)=O)C(=O)NC1CSSC[C@@H](C(=O)NCC(=O)N[C@@H](Cc2ccccc2)C(=O)O)NC(=O)C(CO)NC(=O)CNC(=O)[C@H](CCC(=O)O)NC(=O)C(C(C)C)NC(=O)[C@H](CO)NC(=O)C(CCCN=C(N)N)NC1=O)C(C)C. The van der Waals surface area contributed by atoms with E-state index in [1.54, 1.807) is 58.0 Å². The molecule has 13 amide bonds. The van der Waals surface area contributed by atoms with E-state index in [0.717, 1.165) is 21.6 Å². The summed E-state index contributed by atoms with van der Waals surface area (Å²) in [5.74, 6) is -19.9. The summed E-state index contributed by atoms with van der Waals surface area (Å²) >= 11 is 0. The first-order valence-electron chi connectivity index (χ1n) is 30.3. The number of carboxylic acids is 2. The number of hydrogen-bond donors (Lipinski definition) is 20. The summed E-state index contributed by atoms with van der Waals surface area (Å²) in [5.41, 5.74) is 23.2. The molecule has 0 saturated carbocycles. The van der Waals surface area contributed by atoms with Gasteiger partial charge >= 0.3 is 11.9 Å². The van der Waals surface area contributed by atoms with Crippen LogP contribution in [0.3, 0.4) is 0 Å². The Morgan fingerprint density at radius 2 is 1.25 bits per heavy atom. The lowest BCUT2D eigenvalue weighted by atomic mass is 9.97. The van der Waals surface area contributed by atoms with Crippen LogP contribution < -0.4 is 86.7 Å². The number of nitrogens with zero attached hydrogens (tertiary/aromatic N) is 1. The van der Waals surface area contributed by atoms with Crippen LogP contribution in [0.25, 0.3) is 0 Å². The van der Waals surface area contributed by atoms with Gasteiger partial charge in [0.15, 0.2) is 5.96 Å². The van der Waals surface area contributed by atoms with E-state index in [2.05, 4.69) is 68.8 Å². The molecule has 24 N–H and O–H groups in total. The van der Waals surface area contributed by atoms with E-state index in [9.17, 15) is 92.3 Å². The van der Waals surface area contributed by atoms with Gasteiger partial charge in [0.1, 0.15) is 60.4 Å². The molecule has 1 fully saturated rings. The standard InChI is InChI=1S/C57H91N17O19S2/c1-7-29(6)43(59)53(89)74-45(28(4)5)55(91)69-33(15-17-39(58)77)49(85)72-38-26-95-94-25-37(47(83)64-21-40(78)65-34(56(92)93)20-30-12-9-8-10-13-30)71-50(86)35(23-75)66-41(79)22-63-46(82)32(16-18-42(80)81)68-54(90)44(27(2)3)73-51(87)36(24-76)70-48(84)31(67-52(38)88)14-11-19-62-57(60)61/h8-10,12-13,27-29,31-38,43-45,75-76H,7,11,14-26,59H2,1-6H3,(H2,58,77)(H,63,82)(H,64,83)(H,65,78)(H,66,79)(H,67,88)(H,68,90)(H,69,91)(H,70,84)(H,71,86)(H,72,85)(H,73,87)(H,74,89)(H,80,81)(H,92,93)(H4,60,61,62)/t29-,31?,32-,33-,34-,35?,36-,37-,38?,43-,44?,45-/m0/s1. The third kappa shape index (κ3) is 30.4. The largest absolute Gasteiger partial charge is 0.481 e. The fourth-order valence-corrected chi connectivity index (χ4v) is 11.0. The zero-order chi connectivity index (χ0) is 71.6. The van der Waals surface area contributed by atoms with Crippen LogP contribution in [-0.2, 0) is 78.3 Å². The molecule has 0 aromatic heterocycles. The number of guanidine groups is 1. The lowest BCUT2D eigenvalue weighted by molar-refractivity contribution is -0.141. The molecule has 530 valence electrons. The molecule has 12 atom stereocenters. The first-order valence-corrected chi connectivity index (χ1v) is 32.8. The maximum atomic E-state index is 14.8. The van der Waals surface area contributed by atoms with Gasteiger partial charge in [-0.2, -0.15) is 0 Å². The number of aliphatic imine (C=N–C) groups is 1. The van der Waals surface area contributed by atoms with Gasteiger partial charge in [-0.15, -0.1) is 0 Å².